The van der Waals surface area contributed by atoms with E-state index < -0.39 is 0 Å². The van der Waals surface area contributed by atoms with Crippen LogP contribution in [0.25, 0.3) is 0 Å². The van der Waals surface area contributed by atoms with Crippen LogP contribution in [0.3, 0.4) is 0 Å². The lowest BCUT2D eigenvalue weighted by Crippen LogP contribution is -2.50. The molecule has 1 fully saturated rings. The molecular weight excluding hydrogens is 442 g/mol. The number of rotatable bonds is 4. The average Bonchev–Trinajstić information content (AvgIpc) is 2.96. The molecule has 0 aliphatic carbocycles. The van der Waals surface area contributed by atoms with Crippen LogP contribution in [-0.4, -0.2) is 53.5 Å². The molecule has 0 radical (unpaired) electrons. The Balaban J connectivity index is 1.25. The first-order chi connectivity index (χ1) is 15.7. The molecule has 3 heterocycles. The Hall–Kier alpha value is -2.61. The molecule has 1 amide bonds. The summed E-state index contributed by atoms with van der Waals surface area (Å²) in [5, 5.41) is 3.97. The van der Waals surface area contributed by atoms with E-state index in [9.17, 15) is 4.79 Å². The lowest BCUT2D eigenvalue weighted by molar-refractivity contribution is -0.123. The Labute approximate surface area is 197 Å². The van der Waals surface area contributed by atoms with Gasteiger partial charge in [0.2, 0.25) is 11.9 Å². The van der Waals surface area contributed by atoms with Gasteiger partial charge in [0.15, 0.2) is 0 Å². The molecule has 6 nitrogen and oxygen atoms in total. The van der Waals surface area contributed by atoms with Crippen molar-refractivity contribution in [2.75, 3.05) is 37.6 Å². The Bertz CT molecular complexity index is 1100. The van der Waals surface area contributed by atoms with Crippen LogP contribution in [-0.2, 0) is 11.2 Å². The third-order valence-electron chi connectivity index (χ3n) is 5.87. The number of fused-ring (bicyclic) bond motifs is 2. The quantitative estimate of drug-likeness (QED) is 0.632. The molecule has 1 unspecified atom stereocenters. The summed E-state index contributed by atoms with van der Waals surface area (Å²) in [6.45, 7) is 3.60. The van der Waals surface area contributed by atoms with Crippen molar-refractivity contribution in [1.82, 2.24) is 20.2 Å². The summed E-state index contributed by atoms with van der Waals surface area (Å²) in [5.74, 6) is 0.787. The zero-order valence-electron chi connectivity index (χ0n) is 17.6. The standard InChI is InChI=1S/C24H24ClN5OS/c25-18-6-7-22-19(15-18)20(14-17-4-1-2-5-21(17)32-22)28-23(31)16-29-10-12-30(13-11-29)24-26-8-3-9-27-24/h1-9,15,20H,10-14,16H2,(H,28,31). The number of hydrogen-bond acceptors (Lipinski definition) is 6. The van der Waals surface area contributed by atoms with Gasteiger partial charge < -0.3 is 10.2 Å². The minimum atomic E-state index is -0.105. The lowest BCUT2D eigenvalue weighted by atomic mass is 9.99. The van der Waals surface area contributed by atoms with Gasteiger partial charge in [-0.05, 0) is 47.9 Å². The second kappa shape index (κ2) is 9.48. The number of amides is 1. The van der Waals surface area contributed by atoms with Crippen LogP contribution in [0.15, 0.2) is 70.7 Å². The van der Waals surface area contributed by atoms with Gasteiger partial charge >= 0.3 is 0 Å². The number of benzene rings is 2. The molecule has 3 aromatic rings. The highest BCUT2D eigenvalue weighted by Crippen LogP contribution is 2.41. The van der Waals surface area contributed by atoms with Crippen LogP contribution in [0.2, 0.25) is 5.02 Å². The Morgan fingerprint density at radius 2 is 1.81 bits per heavy atom. The van der Waals surface area contributed by atoms with Gasteiger partial charge in [0.05, 0.1) is 12.6 Å². The molecule has 5 rings (SSSR count). The molecule has 1 aromatic heterocycles. The summed E-state index contributed by atoms with van der Waals surface area (Å²) >= 11 is 8.06. The Morgan fingerprint density at radius 3 is 2.62 bits per heavy atom. The van der Waals surface area contributed by atoms with E-state index in [-0.39, 0.29) is 11.9 Å². The Morgan fingerprint density at radius 1 is 1.03 bits per heavy atom. The maximum absolute atomic E-state index is 13.0. The van der Waals surface area contributed by atoms with E-state index in [0.717, 1.165) is 49.0 Å². The fourth-order valence-electron chi connectivity index (χ4n) is 4.24. The molecule has 164 valence electrons. The van der Waals surface area contributed by atoms with E-state index in [4.69, 9.17) is 11.6 Å². The molecule has 1 N–H and O–H groups in total. The fraction of sp³-hybridized carbons (Fsp3) is 0.292. The van der Waals surface area contributed by atoms with Gasteiger partial charge in [0, 0.05) is 53.4 Å². The molecule has 1 saturated heterocycles. The number of hydrogen-bond donors (Lipinski definition) is 1. The number of carbonyl (C=O) groups is 1. The topological polar surface area (TPSA) is 61.4 Å². The number of anilines is 1. The average molecular weight is 466 g/mol. The predicted molar refractivity (Wildman–Crippen MR) is 127 cm³/mol. The zero-order chi connectivity index (χ0) is 21.9. The largest absolute Gasteiger partial charge is 0.348 e. The third-order valence-corrected chi connectivity index (χ3v) is 7.32. The van der Waals surface area contributed by atoms with Crippen LogP contribution in [0.5, 0.6) is 0 Å². The van der Waals surface area contributed by atoms with E-state index in [1.165, 1.54) is 10.5 Å². The lowest BCUT2D eigenvalue weighted by Gasteiger charge is -2.34. The van der Waals surface area contributed by atoms with Gasteiger partial charge in [-0.15, -0.1) is 0 Å². The van der Waals surface area contributed by atoms with Crippen molar-refractivity contribution in [3.05, 3.63) is 77.1 Å². The van der Waals surface area contributed by atoms with Crippen molar-refractivity contribution < 1.29 is 4.79 Å². The zero-order valence-corrected chi connectivity index (χ0v) is 19.1. The van der Waals surface area contributed by atoms with Crippen molar-refractivity contribution in [3.8, 4) is 0 Å². The highest BCUT2D eigenvalue weighted by Gasteiger charge is 2.26. The monoisotopic (exact) mass is 465 g/mol. The molecule has 2 aliphatic rings. The minimum Gasteiger partial charge on any atom is -0.348 e. The maximum atomic E-state index is 13.0. The van der Waals surface area contributed by atoms with E-state index in [2.05, 4.69) is 55.4 Å². The third kappa shape index (κ3) is 4.75. The van der Waals surface area contributed by atoms with Crippen LogP contribution >= 0.6 is 23.4 Å². The molecular formula is C24H24ClN5OS. The number of aromatic nitrogens is 2. The van der Waals surface area contributed by atoms with E-state index >= 15 is 0 Å². The van der Waals surface area contributed by atoms with Crippen LogP contribution in [0.1, 0.15) is 17.2 Å². The summed E-state index contributed by atoms with van der Waals surface area (Å²) < 4.78 is 0. The van der Waals surface area contributed by atoms with Gasteiger partial charge in [0.1, 0.15) is 0 Å². The first-order valence-electron chi connectivity index (χ1n) is 10.7. The summed E-state index contributed by atoms with van der Waals surface area (Å²) in [6.07, 6.45) is 4.27. The van der Waals surface area contributed by atoms with Gasteiger partial charge in [-0.2, -0.15) is 0 Å². The first-order valence-corrected chi connectivity index (χ1v) is 11.9. The summed E-state index contributed by atoms with van der Waals surface area (Å²) in [7, 11) is 0. The van der Waals surface area contributed by atoms with Crippen molar-refractivity contribution >= 4 is 35.2 Å². The van der Waals surface area contributed by atoms with Crippen molar-refractivity contribution in [2.45, 2.75) is 22.3 Å². The second-order valence-electron chi connectivity index (χ2n) is 8.03. The molecule has 0 spiro atoms. The molecule has 2 aromatic carbocycles. The van der Waals surface area contributed by atoms with Crippen molar-refractivity contribution in [1.29, 1.82) is 0 Å². The van der Waals surface area contributed by atoms with E-state index in [0.29, 0.717) is 11.6 Å². The van der Waals surface area contributed by atoms with Crippen LogP contribution < -0.4 is 10.2 Å². The van der Waals surface area contributed by atoms with E-state index in [1.807, 2.05) is 18.2 Å². The van der Waals surface area contributed by atoms with Crippen LogP contribution in [0.4, 0.5) is 5.95 Å². The molecule has 1 atom stereocenters. The second-order valence-corrected chi connectivity index (χ2v) is 9.55. The van der Waals surface area contributed by atoms with Gasteiger partial charge in [-0.3, -0.25) is 9.69 Å². The normalized spacial score (nSPS) is 18.4. The first kappa shape index (κ1) is 21.2. The van der Waals surface area contributed by atoms with Gasteiger partial charge in [-0.1, -0.05) is 41.6 Å². The summed E-state index contributed by atoms with van der Waals surface area (Å²) in [6, 6.07) is 16.0. The summed E-state index contributed by atoms with van der Waals surface area (Å²) in [5.41, 5.74) is 2.32. The van der Waals surface area contributed by atoms with Crippen molar-refractivity contribution in [3.63, 3.8) is 0 Å². The smallest absolute Gasteiger partial charge is 0.234 e. The SMILES string of the molecule is O=C(CN1CCN(c2ncccn2)CC1)NC1Cc2ccccc2Sc2ccc(Cl)cc21. The molecule has 32 heavy (non-hydrogen) atoms. The highest BCUT2D eigenvalue weighted by atomic mass is 35.5. The van der Waals surface area contributed by atoms with Crippen molar-refractivity contribution in [2.24, 2.45) is 0 Å². The molecule has 8 heteroatoms. The number of halogens is 1. The molecule has 0 saturated carbocycles. The molecule has 2 aliphatic heterocycles. The van der Waals surface area contributed by atoms with E-state index in [1.54, 1.807) is 24.2 Å². The maximum Gasteiger partial charge on any atom is 0.234 e. The number of carbonyl (C=O) groups excluding carboxylic acids is 1. The summed E-state index contributed by atoms with van der Waals surface area (Å²) in [4.78, 5) is 28.4. The number of piperazine rings is 1. The minimum absolute atomic E-state index is 0.0368. The molecule has 0 bridgehead atoms. The van der Waals surface area contributed by atoms with Gasteiger partial charge in [-0.25, -0.2) is 9.97 Å². The van der Waals surface area contributed by atoms with Gasteiger partial charge in [0.25, 0.3) is 0 Å². The fourth-order valence-corrected chi connectivity index (χ4v) is 5.54. The number of nitrogens with zero attached hydrogens (tertiary/aromatic N) is 4. The highest BCUT2D eigenvalue weighted by molar-refractivity contribution is 7.99. The Kier molecular flexibility index (Phi) is 6.30. The predicted octanol–water partition coefficient (Wildman–Crippen LogP) is 3.82. The number of nitrogens with one attached hydrogen (secondary N) is 1. The van der Waals surface area contributed by atoms with Crippen LogP contribution in [0, 0.1) is 0 Å².